The quantitative estimate of drug-likeness (QED) is 0.327. The fraction of sp³-hybridized carbons (Fsp3) is 0.250. The Morgan fingerprint density at radius 3 is 1.52 bits per heavy atom. The first-order chi connectivity index (χ1) is 13.6. The van der Waals surface area contributed by atoms with E-state index in [0.717, 1.165) is 17.7 Å². The normalized spacial score (nSPS) is 9.72. The van der Waals surface area contributed by atoms with Crippen molar-refractivity contribution >= 4 is 0 Å². The van der Waals surface area contributed by atoms with E-state index in [1.54, 1.807) is 44.2 Å². The van der Waals surface area contributed by atoms with Gasteiger partial charge in [0.05, 0.1) is 5.56 Å². The average Bonchev–Trinajstić information content (AvgIpc) is 2.68. The van der Waals surface area contributed by atoms with Crippen molar-refractivity contribution in [2.45, 2.75) is 40.8 Å². The van der Waals surface area contributed by atoms with Gasteiger partial charge in [0, 0.05) is 0 Å². The summed E-state index contributed by atoms with van der Waals surface area (Å²) >= 11 is 0. The number of benzene rings is 3. The molecule has 0 saturated carbocycles. The van der Waals surface area contributed by atoms with Crippen LogP contribution in [-0.4, -0.2) is 0 Å². The van der Waals surface area contributed by atoms with E-state index in [0.29, 0.717) is 11.1 Å². The molecule has 0 atom stereocenters. The van der Waals surface area contributed by atoms with Gasteiger partial charge in [0.2, 0.25) is 0 Å². The van der Waals surface area contributed by atoms with Gasteiger partial charge < -0.3 is 0 Å². The van der Waals surface area contributed by atoms with Crippen LogP contribution in [0.5, 0.6) is 0 Å². The highest BCUT2D eigenvalue weighted by Gasteiger charge is 2.29. The van der Waals surface area contributed by atoms with Gasteiger partial charge >= 0.3 is 6.18 Å². The lowest BCUT2D eigenvalue weighted by Gasteiger charge is -2.05. The molecule has 3 aromatic rings. The maximum Gasteiger partial charge on any atom is 0.416 e. The van der Waals surface area contributed by atoms with Gasteiger partial charge in [0.25, 0.3) is 0 Å². The Hall–Kier alpha value is -2.69. The summed E-state index contributed by atoms with van der Waals surface area (Å²) in [5, 5.41) is 0. The minimum absolute atomic E-state index is 0.132. The fourth-order valence-electron chi connectivity index (χ4n) is 1.91. The maximum atomic E-state index is 12.3. The van der Waals surface area contributed by atoms with Gasteiger partial charge in [-0.1, -0.05) is 73.5 Å². The molecule has 0 aliphatic carbocycles. The third-order valence-corrected chi connectivity index (χ3v) is 3.43. The summed E-state index contributed by atoms with van der Waals surface area (Å²) in [6.45, 7) is 9.31. The Bertz CT molecular complexity index is 779. The molecule has 0 unspecified atom stereocenters. The smallest absolute Gasteiger partial charge is 0.207 e. The van der Waals surface area contributed by atoms with Crippen LogP contribution >= 0.6 is 0 Å². The van der Waals surface area contributed by atoms with Gasteiger partial charge in [-0.2, -0.15) is 13.2 Å². The minimum atomic E-state index is -4.22. The summed E-state index contributed by atoms with van der Waals surface area (Å²) < 4.78 is 60.3. The van der Waals surface area contributed by atoms with Gasteiger partial charge in [-0.05, 0) is 50.6 Å². The predicted molar refractivity (Wildman–Crippen MR) is 110 cm³/mol. The highest BCUT2D eigenvalue weighted by atomic mass is 19.4. The molecule has 0 aromatic heterocycles. The zero-order valence-electron chi connectivity index (χ0n) is 17.3. The first-order valence-corrected chi connectivity index (χ1v) is 9.16. The van der Waals surface area contributed by atoms with Crippen LogP contribution < -0.4 is 0 Å². The number of hydrogen-bond donors (Lipinski definition) is 0. The monoisotopic (exact) mass is 410 g/mol. The number of halogens is 5. The van der Waals surface area contributed by atoms with E-state index < -0.39 is 11.7 Å². The van der Waals surface area contributed by atoms with E-state index in [4.69, 9.17) is 0 Å². The summed E-state index contributed by atoms with van der Waals surface area (Å²) in [5.41, 5.74) is 1.83. The second-order valence-electron chi connectivity index (χ2n) is 5.91. The molecule has 0 saturated heterocycles. The number of rotatable bonds is 0. The Morgan fingerprint density at radius 1 is 0.621 bits per heavy atom. The van der Waals surface area contributed by atoms with E-state index in [2.05, 4.69) is 0 Å². The van der Waals surface area contributed by atoms with Crippen LogP contribution in [0.1, 0.15) is 36.1 Å². The van der Waals surface area contributed by atoms with Crippen LogP contribution in [0.4, 0.5) is 22.0 Å². The van der Waals surface area contributed by atoms with Gasteiger partial charge in [0.15, 0.2) is 0 Å². The topological polar surface area (TPSA) is 0 Å². The molecule has 0 nitrogen and oxygen atoms in total. The van der Waals surface area contributed by atoms with Crippen LogP contribution in [0.2, 0.25) is 0 Å². The molecule has 0 amide bonds. The summed E-state index contributed by atoms with van der Waals surface area (Å²) in [6.07, 6.45) is -4.22. The summed E-state index contributed by atoms with van der Waals surface area (Å²) in [5.74, 6) is -0.303. The van der Waals surface area contributed by atoms with Gasteiger partial charge in [-0.15, -0.1) is 0 Å². The van der Waals surface area contributed by atoms with Crippen molar-refractivity contribution in [2.24, 2.45) is 0 Å². The zero-order valence-corrected chi connectivity index (χ0v) is 17.3. The molecule has 0 radical (unpaired) electrons. The van der Waals surface area contributed by atoms with E-state index in [9.17, 15) is 22.0 Å². The third kappa shape index (κ3) is 11.7. The minimum Gasteiger partial charge on any atom is -0.207 e. The fourth-order valence-corrected chi connectivity index (χ4v) is 1.91. The first kappa shape index (κ1) is 26.3. The predicted octanol–water partition coefficient (Wildman–Crippen LogP) is 8.31. The van der Waals surface area contributed by atoms with Crippen molar-refractivity contribution in [3.8, 4) is 0 Å². The van der Waals surface area contributed by atoms with Crippen LogP contribution in [0, 0.1) is 32.4 Å². The molecule has 29 heavy (non-hydrogen) atoms. The van der Waals surface area contributed by atoms with Crippen LogP contribution in [-0.2, 0) is 6.18 Å². The summed E-state index contributed by atoms with van der Waals surface area (Å²) in [7, 11) is 0. The number of aryl methyl sites for hydroxylation is 3. The molecule has 0 aliphatic rings. The second-order valence-corrected chi connectivity index (χ2v) is 5.91. The standard InChI is InChI=1S/C8H7F3.2C7H7F.C2H6/c1-6-3-2-4-7(5-6)8(9,10)11;1-6-2-4-7(8)5-3-6;1-6-4-2-3-5-7(6)8;1-2/h2-5H,1H3;2*2-5H,1H3;1-2H3. The molecule has 0 heterocycles. The number of alkyl halides is 3. The lowest BCUT2D eigenvalue weighted by atomic mass is 10.1. The lowest BCUT2D eigenvalue weighted by molar-refractivity contribution is -0.137. The van der Waals surface area contributed by atoms with E-state index >= 15 is 0 Å². The zero-order chi connectivity index (χ0) is 22.4. The van der Waals surface area contributed by atoms with Crippen molar-refractivity contribution in [3.05, 3.63) is 107 Å². The van der Waals surface area contributed by atoms with Crippen LogP contribution in [0.25, 0.3) is 0 Å². The lowest BCUT2D eigenvalue weighted by Crippen LogP contribution is -2.04. The van der Waals surface area contributed by atoms with E-state index in [1.807, 2.05) is 26.8 Å². The summed E-state index contributed by atoms with van der Waals surface area (Å²) in [4.78, 5) is 0. The van der Waals surface area contributed by atoms with E-state index in [1.165, 1.54) is 24.3 Å². The Morgan fingerprint density at radius 2 is 1.17 bits per heavy atom. The molecule has 158 valence electrons. The van der Waals surface area contributed by atoms with E-state index in [-0.39, 0.29) is 11.6 Å². The Balaban J connectivity index is 0.000000395. The molecular weight excluding hydrogens is 383 g/mol. The molecule has 3 rings (SSSR count). The largest absolute Gasteiger partial charge is 0.416 e. The Labute approximate surface area is 170 Å². The molecular formula is C24H27F5. The van der Waals surface area contributed by atoms with Gasteiger partial charge in [-0.3, -0.25) is 0 Å². The molecule has 5 heteroatoms. The van der Waals surface area contributed by atoms with Gasteiger partial charge in [0.1, 0.15) is 11.6 Å². The molecule has 0 N–H and O–H groups in total. The van der Waals surface area contributed by atoms with Crippen LogP contribution in [0.15, 0.2) is 72.8 Å². The highest BCUT2D eigenvalue weighted by molar-refractivity contribution is 5.24. The SMILES string of the molecule is CC.Cc1ccc(F)cc1.Cc1cccc(C(F)(F)F)c1.Cc1ccccc1F. The van der Waals surface area contributed by atoms with Crippen molar-refractivity contribution < 1.29 is 22.0 Å². The van der Waals surface area contributed by atoms with Crippen molar-refractivity contribution in [1.29, 1.82) is 0 Å². The average molecular weight is 410 g/mol. The molecule has 0 aliphatic heterocycles. The Kier molecular flexibility index (Phi) is 12.2. The van der Waals surface area contributed by atoms with Gasteiger partial charge in [-0.25, -0.2) is 8.78 Å². The molecule has 0 spiro atoms. The maximum absolute atomic E-state index is 12.3. The summed E-state index contributed by atoms with van der Waals surface area (Å²) in [6, 6.07) is 18.3. The van der Waals surface area contributed by atoms with Crippen molar-refractivity contribution in [3.63, 3.8) is 0 Å². The third-order valence-electron chi connectivity index (χ3n) is 3.43. The van der Waals surface area contributed by atoms with Crippen molar-refractivity contribution in [1.82, 2.24) is 0 Å². The molecule has 0 bridgehead atoms. The van der Waals surface area contributed by atoms with Crippen molar-refractivity contribution in [2.75, 3.05) is 0 Å². The first-order valence-electron chi connectivity index (χ1n) is 9.16. The highest BCUT2D eigenvalue weighted by Crippen LogP contribution is 2.29. The molecule has 3 aromatic carbocycles. The van der Waals surface area contributed by atoms with Crippen LogP contribution in [0.3, 0.4) is 0 Å². The number of hydrogen-bond acceptors (Lipinski definition) is 0. The molecule has 0 fully saturated rings. The second kappa shape index (κ2) is 13.5.